The minimum absolute atomic E-state index is 0.127. The van der Waals surface area contributed by atoms with E-state index < -0.39 is 0 Å². The van der Waals surface area contributed by atoms with Crippen LogP contribution in [0.2, 0.25) is 0 Å². The fraction of sp³-hybridized carbons (Fsp3) is 0.350. The molecule has 0 radical (unpaired) electrons. The van der Waals surface area contributed by atoms with Gasteiger partial charge in [0, 0.05) is 29.5 Å². The van der Waals surface area contributed by atoms with E-state index in [9.17, 15) is 5.11 Å². The number of hydrogen-bond donors (Lipinski definition) is 1. The van der Waals surface area contributed by atoms with E-state index in [4.69, 9.17) is 18.9 Å². The lowest BCUT2D eigenvalue weighted by Crippen LogP contribution is -1.97. The van der Waals surface area contributed by atoms with Gasteiger partial charge < -0.3 is 24.1 Å². The Balaban J connectivity index is 2.15. The summed E-state index contributed by atoms with van der Waals surface area (Å²) in [7, 11) is 4.75. The third kappa shape index (κ3) is 4.81. The number of aliphatic imine (C=N–C) groups is 1. The van der Waals surface area contributed by atoms with Gasteiger partial charge in [-0.25, -0.2) is 0 Å². The van der Waals surface area contributed by atoms with Gasteiger partial charge in [0.1, 0.15) is 17.2 Å². The zero-order valence-corrected chi connectivity index (χ0v) is 15.6. The van der Waals surface area contributed by atoms with Gasteiger partial charge in [0.25, 0.3) is 0 Å². The van der Waals surface area contributed by atoms with E-state index in [2.05, 4.69) is 4.99 Å². The van der Waals surface area contributed by atoms with E-state index in [1.807, 2.05) is 19.1 Å². The third-order valence-corrected chi connectivity index (χ3v) is 3.75. The Kier molecular flexibility index (Phi) is 7.14. The lowest BCUT2D eigenvalue weighted by atomic mass is 10.1. The van der Waals surface area contributed by atoms with E-state index in [-0.39, 0.29) is 5.75 Å². The van der Waals surface area contributed by atoms with Gasteiger partial charge in [-0.3, -0.25) is 4.99 Å². The smallest absolute Gasteiger partial charge is 0.164 e. The van der Waals surface area contributed by atoms with E-state index in [1.54, 1.807) is 45.7 Å². The molecule has 26 heavy (non-hydrogen) atoms. The maximum absolute atomic E-state index is 10.1. The summed E-state index contributed by atoms with van der Waals surface area (Å²) in [6.07, 6.45) is 2.53. The first-order valence-corrected chi connectivity index (χ1v) is 8.37. The second-order valence-corrected chi connectivity index (χ2v) is 5.56. The molecule has 0 spiro atoms. The number of phenolic OH excluding ortho intramolecular Hbond substituents is 1. The normalized spacial score (nSPS) is 10.8. The molecule has 0 atom stereocenters. The number of benzene rings is 2. The van der Waals surface area contributed by atoms with Crippen molar-refractivity contribution in [2.24, 2.45) is 4.99 Å². The van der Waals surface area contributed by atoms with Crippen LogP contribution >= 0.6 is 0 Å². The molecule has 2 aromatic carbocycles. The number of methoxy groups -OCH3 is 3. The number of hydrogen-bond acceptors (Lipinski definition) is 6. The molecule has 2 aromatic rings. The Morgan fingerprint density at radius 2 is 1.65 bits per heavy atom. The molecule has 0 amide bonds. The summed E-state index contributed by atoms with van der Waals surface area (Å²) >= 11 is 0. The number of ether oxygens (including phenoxy) is 4. The Hall–Kier alpha value is -2.89. The molecule has 1 N–H and O–H groups in total. The average molecular weight is 359 g/mol. The third-order valence-electron chi connectivity index (χ3n) is 3.75. The maximum atomic E-state index is 10.1. The Bertz CT molecular complexity index is 758. The van der Waals surface area contributed by atoms with Crippen LogP contribution in [0.25, 0.3) is 0 Å². The van der Waals surface area contributed by atoms with E-state index in [0.29, 0.717) is 41.7 Å². The van der Waals surface area contributed by atoms with Crippen molar-refractivity contribution in [3.8, 4) is 28.7 Å². The second-order valence-electron chi connectivity index (χ2n) is 5.56. The Morgan fingerprint density at radius 3 is 2.27 bits per heavy atom. The minimum Gasteiger partial charge on any atom is -0.507 e. The molecule has 6 nitrogen and oxygen atoms in total. The highest BCUT2D eigenvalue weighted by molar-refractivity contribution is 5.83. The summed E-state index contributed by atoms with van der Waals surface area (Å²) in [6.45, 7) is 3.02. The van der Waals surface area contributed by atoms with Crippen LogP contribution in [0.1, 0.15) is 24.5 Å². The quantitative estimate of drug-likeness (QED) is 0.689. The van der Waals surface area contributed by atoms with E-state index in [1.165, 1.54) is 0 Å². The summed E-state index contributed by atoms with van der Waals surface area (Å²) in [4.78, 5) is 4.40. The van der Waals surface area contributed by atoms with Crippen molar-refractivity contribution in [3.63, 3.8) is 0 Å². The molecule has 0 unspecified atom stereocenters. The van der Waals surface area contributed by atoms with Gasteiger partial charge in [0.05, 0.1) is 34.5 Å². The first-order valence-electron chi connectivity index (χ1n) is 8.37. The number of phenols is 1. The van der Waals surface area contributed by atoms with E-state index in [0.717, 1.165) is 12.0 Å². The molecule has 6 heteroatoms. The number of rotatable bonds is 9. The molecule has 0 aliphatic carbocycles. The molecule has 0 fully saturated rings. The molecule has 0 bridgehead atoms. The largest absolute Gasteiger partial charge is 0.507 e. The van der Waals surface area contributed by atoms with Crippen molar-refractivity contribution >= 4 is 6.21 Å². The summed E-state index contributed by atoms with van der Waals surface area (Å²) in [6, 6.07) is 8.77. The molecular formula is C20H25NO5. The van der Waals surface area contributed by atoms with Crippen molar-refractivity contribution in [1.82, 2.24) is 0 Å². The second kappa shape index (κ2) is 9.56. The van der Waals surface area contributed by atoms with Crippen molar-refractivity contribution in [2.75, 3.05) is 27.9 Å². The van der Waals surface area contributed by atoms with Crippen LogP contribution in [0.5, 0.6) is 28.7 Å². The highest BCUT2D eigenvalue weighted by Crippen LogP contribution is 2.35. The van der Waals surface area contributed by atoms with Gasteiger partial charge in [-0.05, 0) is 24.6 Å². The molecule has 0 heterocycles. The summed E-state index contributed by atoms with van der Waals surface area (Å²) in [5.74, 6) is 2.63. The summed E-state index contributed by atoms with van der Waals surface area (Å²) < 4.78 is 21.5. The summed E-state index contributed by atoms with van der Waals surface area (Å²) in [5, 5.41) is 10.1. The van der Waals surface area contributed by atoms with Crippen molar-refractivity contribution < 1.29 is 24.1 Å². The zero-order valence-electron chi connectivity index (χ0n) is 15.6. The fourth-order valence-corrected chi connectivity index (χ4v) is 2.40. The van der Waals surface area contributed by atoms with Crippen LogP contribution in [0.3, 0.4) is 0 Å². The predicted octanol–water partition coefficient (Wildman–Crippen LogP) is 3.83. The lowest BCUT2D eigenvalue weighted by molar-refractivity contribution is 0.315. The van der Waals surface area contributed by atoms with Crippen LogP contribution in [-0.4, -0.2) is 39.3 Å². The highest BCUT2D eigenvalue weighted by atomic mass is 16.5. The highest BCUT2D eigenvalue weighted by Gasteiger charge is 2.11. The first-order chi connectivity index (χ1) is 12.6. The van der Waals surface area contributed by atoms with Crippen molar-refractivity contribution in [1.29, 1.82) is 0 Å². The molecule has 140 valence electrons. The van der Waals surface area contributed by atoms with Crippen LogP contribution < -0.4 is 18.9 Å². The first kappa shape index (κ1) is 19.4. The van der Waals surface area contributed by atoms with E-state index >= 15 is 0 Å². The fourth-order valence-electron chi connectivity index (χ4n) is 2.40. The van der Waals surface area contributed by atoms with Gasteiger partial charge in [0.2, 0.25) is 0 Å². The minimum atomic E-state index is 0.127. The van der Waals surface area contributed by atoms with Gasteiger partial charge in [-0.2, -0.15) is 0 Å². The van der Waals surface area contributed by atoms with Crippen LogP contribution in [-0.2, 0) is 6.54 Å². The zero-order chi connectivity index (χ0) is 18.9. The molecule has 0 aliphatic rings. The SMILES string of the molecule is CCCOc1ccc(C=NCc2cc(OC)c(OC)cc2OC)c(O)c1. The average Bonchev–Trinajstić information content (AvgIpc) is 2.67. The molecule has 0 aromatic heterocycles. The Morgan fingerprint density at radius 1 is 0.962 bits per heavy atom. The van der Waals surface area contributed by atoms with Crippen LogP contribution in [0.15, 0.2) is 35.3 Å². The van der Waals surface area contributed by atoms with Gasteiger partial charge in [0.15, 0.2) is 11.5 Å². The standard InChI is InChI=1S/C20H25NO5/c1-5-8-26-16-7-6-14(17(22)10-16)12-21-13-15-9-19(24-3)20(25-4)11-18(15)23-2/h6-7,9-12,22H,5,8,13H2,1-4H3. The molecule has 0 saturated carbocycles. The molecule has 2 rings (SSSR count). The van der Waals surface area contributed by atoms with Crippen LogP contribution in [0, 0.1) is 0 Å². The maximum Gasteiger partial charge on any atom is 0.164 e. The van der Waals surface area contributed by atoms with Crippen molar-refractivity contribution in [3.05, 3.63) is 41.5 Å². The topological polar surface area (TPSA) is 69.5 Å². The molecule has 0 aliphatic heterocycles. The lowest BCUT2D eigenvalue weighted by Gasteiger charge is -2.13. The Labute approximate surface area is 154 Å². The number of nitrogens with zero attached hydrogens (tertiary/aromatic N) is 1. The number of aromatic hydroxyl groups is 1. The van der Waals surface area contributed by atoms with Gasteiger partial charge in [-0.1, -0.05) is 6.92 Å². The summed E-state index contributed by atoms with van der Waals surface area (Å²) in [5.41, 5.74) is 1.47. The van der Waals surface area contributed by atoms with Crippen molar-refractivity contribution in [2.45, 2.75) is 19.9 Å². The predicted molar refractivity (Wildman–Crippen MR) is 101 cm³/mol. The van der Waals surface area contributed by atoms with Gasteiger partial charge in [-0.15, -0.1) is 0 Å². The molecular weight excluding hydrogens is 334 g/mol. The van der Waals surface area contributed by atoms with Gasteiger partial charge >= 0.3 is 0 Å². The van der Waals surface area contributed by atoms with Crippen LogP contribution in [0.4, 0.5) is 0 Å². The monoisotopic (exact) mass is 359 g/mol. The molecule has 0 saturated heterocycles.